The fraction of sp³-hybridized carbons (Fsp3) is 0.909. The average molecular weight is 228 g/mol. The normalized spacial score (nSPS) is 39.6. The summed E-state index contributed by atoms with van der Waals surface area (Å²) in [7, 11) is 0. The minimum atomic E-state index is -0.586. The highest BCUT2D eigenvalue weighted by molar-refractivity contribution is 5.83. The number of amides is 1. The van der Waals surface area contributed by atoms with Crippen LogP contribution in [0.25, 0.3) is 0 Å². The number of rotatable bonds is 2. The minimum absolute atomic E-state index is 0.00648. The lowest BCUT2D eigenvalue weighted by Crippen LogP contribution is -2.53. The van der Waals surface area contributed by atoms with Crippen LogP contribution in [0, 0.1) is 5.41 Å². The molecule has 5 nitrogen and oxygen atoms in total. The molecular weight excluding hydrogens is 208 g/mol. The number of nitrogens with one attached hydrogen (secondary N) is 1. The summed E-state index contributed by atoms with van der Waals surface area (Å²) in [6.45, 7) is 4.15. The molecule has 0 aromatic carbocycles. The Bertz CT molecular complexity index is 266. The molecular formula is C11H20N2O3. The molecule has 2 rings (SSSR count). The molecule has 2 heterocycles. The number of hydrogen-bond acceptors (Lipinski definition) is 4. The third-order valence-electron chi connectivity index (χ3n) is 3.53. The fourth-order valence-corrected chi connectivity index (χ4v) is 2.13. The van der Waals surface area contributed by atoms with Crippen molar-refractivity contribution in [3.8, 4) is 0 Å². The molecule has 2 aliphatic rings. The summed E-state index contributed by atoms with van der Waals surface area (Å²) in [6, 6.07) is -0.0807. The largest absolute Gasteiger partial charge is 0.379 e. The van der Waals surface area contributed by atoms with Crippen LogP contribution in [0.15, 0.2) is 0 Å². The number of carbonyl (C=O) groups is 1. The highest BCUT2D eigenvalue weighted by Crippen LogP contribution is 2.27. The van der Waals surface area contributed by atoms with Crippen LogP contribution in [0.1, 0.15) is 19.8 Å². The highest BCUT2D eigenvalue weighted by Gasteiger charge is 2.44. The first kappa shape index (κ1) is 11.8. The topological polar surface area (TPSA) is 73.6 Å². The van der Waals surface area contributed by atoms with E-state index in [-0.39, 0.29) is 18.0 Å². The smallest absolute Gasteiger partial charge is 0.230 e. The van der Waals surface area contributed by atoms with Gasteiger partial charge in [-0.2, -0.15) is 0 Å². The lowest BCUT2D eigenvalue weighted by Gasteiger charge is -2.30. The van der Waals surface area contributed by atoms with E-state index in [1.807, 2.05) is 6.92 Å². The van der Waals surface area contributed by atoms with E-state index in [1.54, 1.807) is 0 Å². The molecule has 2 fully saturated rings. The van der Waals surface area contributed by atoms with Gasteiger partial charge in [0.1, 0.15) is 0 Å². The maximum atomic E-state index is 12.1. The van der Waals surface area contributed by atoms with Crippen molar-refractivity contribution in [2.45, 2.75) is 31.8 Å². The van der Waals surface area contributed by atoms with Crippen LogP contribution < -0.4 is 11.1 Å². The molecule has 1 amide bonds. The summed E-state index contributed by atoms with van der Waals surface area (Å²) in [5.74, 6) is -0.00648. The second-order valence-electron chi connectivity index (χ2n) is 4.93. The third kappa shape index (κ3) is 2.21. The van der Waals surface area contributed by atoms with Crippen molar-refractivity contribution in [2.75, 3.05) is 26.4 Å². The van der Waals surface area contributed by atoms with Crippen molar-refractivity contribution < 1.29 is 14.3 Å². The van der Waals surface area contributed by atoms with E-state index in [1.165, 1.54) is 0 Å². The first-order chi connectivity index (χ1) is 7.63. The van der Waals surface area contributed by atoms with Gasteiger partial charge >= 0.3 is 0 Å². The van der Waals surface area contributed by atoms with Gasteiger partial charge in [0.05, 0.1) is 31.3 Å². The lowest BCUT2D eigenvalue weighted by atomic mass is 9.84. The standard InChI is InChI=1S/C11H20N2O3/c1-11(7-16-6-9(11)12)10(14)13-8-3-2-4-15-5-8/h8-9H,2-7,12H2,1H3,(H,13,14). The van der Waals surface area contributed by atoms with Crippen LogP contribution >= 0.6 is 0 Å². The van der Waals surface area contributed by atoms with Crippen LogP contribution in [0.5, 0.6) is 0 Å². The summed E-state index contributed by atoms with van der Waals surface area (Å²) in [6.07, 6.45) is 1.99. The van der Waals surface area contributed by atoms with Gasteiger partial charge in [-0.05, 0) is 19.8 Å². The predicted octanol–water partition coefficient (Wildman–Crippen LogP) is -0.355. The summed E-state index contributed by atoms with van der Waals surface area (Å²) >= 11 is 0. The zero-order valence-corrected chi connectivity index (χ0v) is 9.70. The van der Waals surface area contributed by atoms with Gasteiger partial charge in [-0.15, -0.1) is 0 Å². The van der Waals surface area contributed by atoms with Gasteiger partial charge in [0, 0.05) is 12.6 Å². The molecule has 0 aliphatic carbocycles. The van der Waals surface area contributed by atoms with Crippen molar-refractivity contribution in [3.63, 3.8) is 0 Å². The van der Waals surface area contributed by atoms with Crippen LogP contribution in [-0.4, -0.2) is 44.4 Å². The second-order valence-corrected chi connectivity index (χ2v) is 4.93. The Morgan fingerprint density at radius 3 is 2.81 bits per heavy atom. The molecule has 16 heavy (non-hydrogen) atoms. The predicted molar refractivity (Wildman–Crippen MR) is 58.9 cm³/mol. The van der Waals surface area contributed by atoms with Gasteiger partial charge in [-0.3, -0.25) is 4.79 Å². The number of hydrogen-bond donors (Lipinski definition) is 2. The fourth-order valence-electron chi connectivity index (χ4n) is 2.13. The van der Waals surface area contributed by atoms with E-state index in [0.29, 0.717) is 19.8 Å². The van der Waals surface area contributed by atoms with E-state index in [0.717, 1.165) is 19.4 Å². The van der Waals surface area contributed by atoms with E-state index in [2.05, 4.69) is 5.32 Å². The Morgan fingerprint density at radius 1 is 1.44 bits per heavy atom. The summed E-state index contributed by atoms with van der Waals surface area (Å²) in [5, 5.41) is 3.01. The Morgan fingerprint density at radius 2 is 2.25 bits per heavy atom. The molecule has 0 saturated carbocycles. The highest BCUT2D eigenvalue weighted by atomic mass is 16.5. The van der Waals surface area contributed by atoms with Gasteiger partial charge in [-0.1, -0.05) is 0 Å². The first-order valence-electron chi connectivity index (χ1n) is 5.85. The molecule has 2 aliphatic heterocycles. The maximum absolute atomic E-state index is 12.1. The number of carbonyl (C=O) groups excluding carboxylic acids is 1. The SMILES string of the molecule is CC1(C(=O)NC2CCCOC2)COCC1N. The molecule has 0 aromatic rings. The quantitative estimate of drug-likeness (QED) is 0.677. The van der Waals surface area contributed by atoms with Crippen molar-refractivity contribution in [3.05, 3.63) is 0 Å². The van der Waals surface area contributed by atoms with Gasteiger partial charge in [0.15, 0.2) is 0 Å². The Hall–Kier alpha value is -0.650. The zero-order valence-electron chi connectivity index (χ0n) is 9.70. The van der Waals surface area contributed by atoms with Crippen molar-refractivity contribution in [2.24, 2.45) is 11.1 Å². The summed E-state index contributed by atoms with van der Waals surface area (Å²) in [5.41, 5.74) is 5.32. The molecule has 0 radical (unpaired) electrons. The average Bonchev–Trinajstić information content (AvgIpc) is 2.62. The zero-order chi connectivity index (χ0) is 11.6. The third-order valence-corrected chi connectivity index (χ3v) is 3.53. The van der Waals surface area contributed by atoms with E-state index in [4.69, 9.17) is 15.2 Å². The number of ether oxygens (including phenoxy) is 2. The van der Waals surface area contributed by atoms with Crippen LogP contribution in [-0.2, 0) is 14.3 Å². The molecule has 3 N–H and O–H groups in total. The van der Waals surface area contributed by atoms with Crippen molar-refractivity contribution in [1.82, 2.24) is 5.32 Å². The molecule has 0 bridgehead atoms. The summed E-state index contributed by atoms with van der Waals surface area (Å²) in [4.78, 5) is 12.1. The summed E-state index contributed by atoms with van der Waals surface area (Å²) < 4.78 is 10.6. The molecule has 0 aromatic heterocycles. The van der Waals surface area contributed by atoms with Crippen molar-refractivity contribution in [1.29, 1.82) is 0 Å². The monoisotopic (exact) mass is 228 g/mol. The van der Waals surface area contributed by atoms with E-state index >= 15 is 0 Å². The molecule has 92 valence electrons. The van der Waals surface area contributed by atoms with E-state index in [9.17, 15) is 4.79 Å². The lowest BCUT2D eigenvalue weighted by molar-refractivity contribution is -0.132. The van der Waals surface area contributed by atoms with Crippen LogP contribution in [0.3, 0.4) is 0 Å². The van der Waals surface area contributed by atoms with Crippen LogP contribution in [0.2, 0.25) is 0 Å². The van der Waals surface area contributed by atoms with Gasteiger partial charge < -0.3 is 20.5 Å². The maximum Gasteiger partial charge on any atom is 0.230 e. The Balaban J connectivity index is 1.91. The second kappa shape index (κ2) is 4.69. The Kier molecular flexibility index (Phi) is 3.47. The molecule has 3 atom stereocenters. The number of nitrogens with two attached hydrogens (primary N) is 1. The first-order valence-corrected chi connectivity index (χ1v) is 5.85. The van der Waals surface area contributed by atoms with Crippen LogP contribution in [0.4, 0.5) is 0 Å². The molecule has 5 heteroatoms. The van der Waals surface area contributed by atoms with Gasteiger partial charge in [0.25, 0.3) is 0 Å². The van der Waals surface area contributed by atoms with Crippen molar-refractivity contribution >= 4 is 5.91 Å². The van der Waals surface area contributed by atoms with Gasteiger partial charge in [-0.25, -0.2) is 0 Å². The molecule has 2 saturated heterocycles. The Labute approximate surface area is 95.7 Å². The minimum Gasteiger partial charge on any atom is -0.379 e. The van der Waals surface area contributed by atoms with Gasteiger partial charge in [0.2, 0.25) is 5.91 Å². The van der Waals surface area contributed by atoms with E-state index < -0.39 is 5.41 Å². The molecule has 3 unspecified atom stereocenters. The molecule has 0 spiro atoms.